The molecule has 0 bridgehead atoms. The summed E-state index contributed by atoms with van der Waals surface area (Å²) in [5.74, 6) is 1.71. The Labute approximate surface area is 64.4 Å². The van der Waals surface area contributed by atoms with E-state index in [1.807, 2.05) is 13.8 Å². The number of alkyl halides is 1. The molecule has 4 heteroatoms. The van der Waals surface area contributed by atoms with Gasteiger partial charge in [0.15, 0.2) is 0 Å². The Morgan fingerprint density at radius 2 is 2.20 bits per heavy atom. The maximum absolute atomic E-state index is 5.45. The Morgan fingerprint density at radius 1 is 1.50 bits per heavy atom. The monoisotopic (exact) mass is 160 g/mol. The van der Waals surface area contributed by atoms with Gasteiger partial charge in [-0.25, -0.2) is 0 Å². The van der Waals surface area contributed by atoms with Gasteiger partial charge in [0.2, 0.25) is 11.8 Å². The first kappa shape index (κ1) is 7.54. The summed E-state index contributed by atoms with van der Waals surface area (Å²) in [7, 11) is 0. The van der Waals surface area contributed by atoms with Crippen LogP contribution in [-0.4, -0.2) is 10.2 Å². The van der Waals surface area contributed by atoms with Crippen molar-refractivity contribution >= 4 is 11.6 Å². The SMILES string of the molecule is CC(C)c1nnc(CCl)o1. The third-order valence-electron chi connectivity index (χ3n) is 1.09. The van der Waals surface area contributed by atoms with Crippen LogP contribution in [0.2, 0.25) is 0 Å². The van der Waals surface area contributed by atoms with Crippen molar-refractivity contribution in [1.82, 2.24) is 10.2 Å². The first-order valence-electron chi connectivity index (χ1n) is 3.12. The topological polar surface area (TPSA) is 38.9 Å². The van der Waals surface area contributed by atoms with E-state index in [1.165, 1.54) is 0 Å². The zero-order chi connectivity index (χ0) is 7.56. The minimum Gasteiger partial charge on any atom is -0.424 e. The van der Waals surface area contributed by atoms with E-state index in [0.29, 0.717) is 17.7 Å². The Bertz CT molecular complexity index is 209. The number of hydrogen-bond donors (Lipinski definition) is 0. The minimum atomic E-state index is 0.282. The van der Waals surface area contributed by atoms with Gasteiger partial charge >= 0.3 is 0 Å². The molecule has 0 unspecified atom stereocenters. The molecule has 1 heterocycles. The maximum atomic E-state index is 5.45. The van der Waals surface area contributed by atoms with Crippen LogP contribution in [0.15, 0.2) is 4.42 Å². The molecule has 0 radical (unpaired) electrons. The Balaban J connectivity index is 2.78. The van der Waals surface area contributed by atoms with Gasteiger partial charge in [0.1, 0.15) is 5.88 Å². The lowest BCUT2D eigenvalue weighted by Crippen LogP contribution is -1.85. The highest BCUT2D eigenvalue weighted by atomic mass is 35.5. The summed E-state index contributed by atoms with van der Waals surface area (Å²) in [6, 6.07) is 0. The first-order chi connectivity index (χ1) is 4.74. The van der Waals surface area contributed by atoms with Gasteiger partial charge in [0.05, 0.1) is 0 Å². The van der Waals surface area contributed by atoms with E-state index in [4.69, 9.17) is 16.0 Å². The van der Waals surface area contributed by atoms with Crippen LogP contribution >= 0.6 is 11.6 Å². The molecule has 56 valence electrons. The molecule has 1 rings (SSSR count). The molecule has 0 fully saturated rings. The lowest BCUT2D eigenvalue weighted by molar-refractivity contribution is 0.444. The molecule has 0 N–H and O–H groups in total. The zero-order valence-electron chi connectivity index (χ0n) is 5.97. The molecule has 0 saturated carbocycles. The molecule has 0 aromatic carbocycles. The van der Waals surface area contributed by atoms with Crippen molar-refractivity contribution in [3.05, 3.63) is 11.8 Å². The van der Waals surface area contributed by atoms with Crippen LogP contribution in [0.1, 0.15) is 31.5 Å². The largest absolute Gasteiger partial charge is 0.424 e. The summed E-state index contributed by atoms with van der Waals surface area (Å²) < 4.78 is 5.14. The maximum Gasteiger partial charge on any atom is 0.231 e. The molecule has 0 amide bonds. The highest BCUT2D eigenvalue weighted by Crippen LogP contribution is 2.12. The molecule has 0 aliphatic rings. The van der Waals surface area contributed by atoms with Crippen molar-refractivity contribution in [3.63, 3.8) is 0 Å². The second kappa shape index (κ2) is 3.01. The van der Waals surface area contributed by atoms with Crippen LogP contribution in [0.5, 0.6) is 0 Å². The van der Waals surface area contributed by atoms with Crippen LogP contribution in [0, 0.1) is 0 Å². The number of nitrogens with zero attached hydrogens (tertiary/aromatic N) is 2. The zero-order valence-corrected chi connectivity index (χ0v) is 6.72. The summed E-state index contributed by atoms with van der Waals surface area (Å²) >= 11 is 5.45. The van der Waals surface area contributed by atoms with Crippen molar-refractivity contribution in [1.29, 1.82) is 0 Å². The molecular formula is C6H9ClN2O. The molecule has 0 aliphatic heterocycles. The van der Waals surface area contributed by atoms with E-state index in [-0.39, 0.29) is 5.92 Å². The van der Waals surface area contributed by atoms with Crippen LogP contribution in [0.4, 0.5) is 0 Å². The van der Waals surface area contributed by atoms with Crippen LogP contribution in [0.3, 0.4) is 0 Å². The fraction of sp³-hybridized carbons (Fsp3) is 0.667. The van der Waals surface area contributed by atoms with E-state index in [9.17, 15) is 0 Å². The van der Waals surface area contributed by atoms with Gasteiger partial charge in [-0.15, -0.1) is 21.8 Å². The van der Waals surface area contributed by atoms with E-state index in [0.717, 1.165) is 0 Å². The second-order valence-electron chi connectivity index (χ2n) is 2.32. The summed E-state index contributed by atoms with van der Waals surface area (Å²) in [5.41, 5.74) is 0. The molecular weight excluding hydrogens is 152 g/mol. The fourth-order valence-corrected chi connectivity index (χ4v) is 0.662. The number of hydrogen-bond acceptors (Lipinski definition) is 3. The Kier molecular flexibility index (Phi) is 2.27. The third-order valence-corrected chi connectivity index (χ3v) is 1.32. The van der Waals surface area contributed by atoms with E-state index in [1.54, 1.807) is 0 Å². The molecule has 10 heavy (non-hydrogen) atoms. The van der Waals surface area contributed by atoms with Crippen LogP contribution in [0.25, 0.3) is 0 Å². The quantitative estimate of drug-likeness (QED) is 0.621. The highest BCUT2D eigenvalue weighted by molar-refractivity contribution is 6.16. The van der Waals surface area contributed by atoms with Gasteiger partial charge in [0.25, 0.3) is 0 Å². The average Bonchev–Trinajstić information content (AvgIpc) is 2.34. The average molecular weight is 161 g/mol. The van der Waals surface area contributed by atoms with Crippen LogP contribution < -0.4 is 0 Å². The van der Waals surface area contributed by atoms with Crippen molar-refractivity contribution in [2.45, 2.75) is 25.6 Å². The molecule has 0 saturated heterocycles. The molecule has 0 spiro atoms. The first-order valence-corrected chi connectivity index (χ1v) is 3.65. The molecule has 3 nitrogen and oxygen atoms in total. The van der Waals surface area contributed by atoms with Gasteiger partial charge in [0, 0.05) is 5.92 Å². The van der Waals surface area contributed by atoms with E-state index >= 15 is 0 Å². The minimum absolute atomic E-state index is 0.282. The lowest BCUT2D eigenvalue weighted by Gasteiger charge is -1.92. The van der Waals surface area contributed by atoms with Crippen molar-refractivity contribution in [3.8, 4) is 0 Å². The lowest BCUT2D eigenvalue weighted by atomic mass is 10.2. The molecule has 1 aromatic heterocycles. The number of rotatable bonds is 2. The fourth-order valence-electron chi connectivity index (χ4n) is 0.554. The van der Waals surface area contributed by atoms with Crippen molar-refractivity contribution in [2.24, 2.45) is 0 Å². The summed E-state index contributed by atoms with van der Waals surface area (Å²) in [6.07, 6.45) is 0. The predicted octanol–water partition coefficient (Wildman–Crippen LogP) is 1.93. The van der Waals surface area contributed by atoms with Crippen molar-refractivity contribution in [2.75, 3.05) is 0 Å². The van der Waals surface area contributed by atoms with Gasteiger partial charge in [-0.1, -0.05) is 13.8 Å². The molecule has 0 aliphatic carbocycles. The Morgan fingerprint density at radius 3 is 2.50 bits per heavy atom. The predicted molar refractivity (Wildman–Crippen MR) is 37.9 cm³/mol. The van der Waals surface area contributed by atoms with Crippen LogP contribution in [-0.2, 0) is 5.88 Å². The Hall–Kier alpha value is -0.570. The van der Waals surface area contributed by atoms with E-state index in [2.05, 4.69) is 10.2 Å². The summed E-state index contributed by atoms with van der Waals surface area (Å²) in [4.78, 5) is 0. The van der Waals surface area contributed by atoms with Gasteiger partial charge in [-0.2, -0.15) is 0 Å². The van der Waals surface area contributed by atoms with Gasteiger partial charge in [-0.3, -0.25) is 0 Å². The molecule has 1 aromatic rings. The van der Waals surface area contributed by atoms with Gasteiger partial charge < -0.3 is 4.42 Å². The smallest absolute Gasteiger partial charge is 0.231 e. The normalized spacial score (nSPS) is 10.8. The highest BCUT2D eigenvalue weighted by Gasteiger charge is 2.07. The number of halogens is 1. The number of aromatic nitrogens is 2. The van der Waals surface area contributed by atoms with Gasteiger partial charge in [-0.05, 0) is 0 Å². The standard InChI is InChI=1S/C6H9ClN2O/c1-4(2)6-9-8-5(3-7)10-6/h4H,3H2,1-2H3. The van der Waals surface area contributed by atoms with E-state index < -0.39 is 0 Å². The third kappa shape index (κ3) is 1.48. The van der Waals surface area contributed by atoms with Crippen molar-refractivity contribution < 1.29 is 4.42 Å². The second-order valence-corrected chi connectivity index (χ2v) is 2.59. The summed E-state index contributed by atoms with van der Waals surface area (Å²) in [5, 5.41) is 7.49. The molecule has 0 atom stereocenters. The summed E-state index contributed by atoms with van der Waals surface area (Å²) in [6.45, 7) is 3.98.